The highest BCUT2D eigenvalue weighted by Crippen LogP contribution is 2.40. The number of imidazole rings is 1. The van der Waals surface area contributed by atoms with Gasteiger partial charge in [0.05, 0.1) is 30.3 Å². The van der Waals surface area contributed by atoms with E-state index in [0.29, 0.717) is 44.3 Å². The summed E-state index contributed by atoms with van der Waals surface area (Å²) < 4.78 is 20.7. The zero-order chi connectivity index (χ0) is 33.6. The minimum Gasteiger partial charge on any atom is -0.481 e. The number of hydrogen-bond acceptors (Lipinski definition) is 11. The van der Waals surface area contributed by atoms with E-state index in [9.17, 15) is 9.59 Å². The Kier molecular flexibility index (Phi) is 9.06. The van der Waals surface area contributed by atoms with Crippen LogP contribution in [-0.2, 0) is 27.7 Å². The summed E-state index contributed by atoms with van der Waals surface area (Å²) in [4.78, 5) is 42.8. The molecule has 6 rings (SSSR count). The van der Waals surface area contributed by atoms with Crippen LogP contribution in [0.3, 0.4) is 0 Å². The topological polar surface area (TPSA) is 132 Å². The van der Waals surface area contributed by atoms with Crippen LogP contribution in [0, 0.1) is 13.8 Å². The molecule has 2 amide bonds. The third-order valence-corrected chi connectivity index (χ3v) is 9.23. The van der Waals surface area contributed by atoms with Gasteiger partial charge in [0.25, 0.3) is 5.91 Å². The van der Waals surface area contributed by atoms with Gasteiger partial charge in [0, 0.05) is 45.2 Å². The van der Waals surface area contributed by atoms with Crippen molar-refractivity contribution in [3.63, 3.8) is 0 Å². The van der Waals surface area contributed by atoms with Crippen molar-refractivity contribution in [2.24, 2.45) is 7.05 Å². The lowest BCUT2D eigenvalue weighted by atomic mass is 9.97. The molecule has 0 aromatic carbocycles. The zero-order valence-corrected chi connectivity index (χ0v) is 29.3. The molecule has 0 spiro atoms. The molecule has 1 unspecified atom stereocenters. The van der Waals surface area contributed by atoms with E-state index in [1.54, 1.807) is 15.6 Å². The van der Waals surface area contributed by atoms with Gasteiger partial charge in [-0.05, 0) is 53.7 Å². The highest BCUT2D eigenvalue weighted by molar-refractivity contribution is 7.16. The van der Waals surface area contributed by atoms with Gasteiger partial charge < -0.3 is 24.0 Å². The van der Waals surface area contributed by atoms with Crippen molar-refractivity contribution in [1.82, 2.24) is 34.3 Å². The van der Waals surface area contributed by atoms with Crippen LogP contribution in [0.5, 0.6) is 5.75 Å². The van der Waals surface area contributed by atoms with Crippen molar-refractivity contribution in [1.29, 1.82) is 0 Å². The molecule has 14 nitrogen and oxygen atoms in total. The highest BCUT2D eigenvalue weighted by atomic mass is 35.5. The van der Waals surface area contributed by atoms with Crippen molar-refractivity contribution in [2.75, 3.05) is 55.8 Å². The number of halogens is 1. The van der Waals surface area contributed by atoms with E-state index in [-0.39, 0.29) is 17.7 Å². The zero-order valence-electron chi connectivity index (χ0n) is 27.7. The van der Waals surface area contributed by atoms with Crippen molar-refractivity contribution >= 4 is 51.5 Å². The van der Waals surface area contributed by atoms with E-state index < -0.39 is 17.7 Å². The maximum Gasteiger partial charge on any atom is 0.416 e. The number of anilines is 2. The molecular formula is C31H40ClN9O5S. The lowest BCUT2D eigenvalue weighted by Gasteiger charge is -2.35. The minimum atomic E-state index is -0.676. The maximum atomic E-state index is 14.1. The molecule has 1 saturated heterocycles. The molecule has 0 saturated carbocycles. The van der Waals surface area contributed by atoms with Crippen LogP contribution in [-0.4, -0.2) is 97.9 Å². The molecule has 0 bridgehead atoms. The van der Waals surface area contributed by atoms with Gasteiger partial charge in [-0.15, -0.1) is 0 Å². The Hall–Kier alpha value is -3.95. The fourth-order valence-electron chi connectivity index (χ4n) is 6.07. The van der Waals surface area contributed by atoms with Crippen LogP contribution in [0.4, 0.5) is 16.4 Å². The van der Waals surface area contributed by atoms with Gasteiger partial charge in [-0.3, -0.25) is 14.4 Å². The number of ether oxygens (including phenoxy) is 3. The van der Waals surface area contributed by atoms with E-state index in [4.69, 9.17) is 41.0 Å². The number of morpholine rings is 1. The summed E-state index contributed by atoms with van der Waals surface area (Å²) in [5, 5.41) is 10.6. The summed E-state index contributed by atoms with van der Waals surface area (Å²) in [6.07, 6.45) is 0.0526. The second kappa shape index (κ2) is 12.9. The Morgan fingerprint density at radius 3 is 2.53 bits per heavy atom. The van der Waals surface area contributed by atoms with E-state index in [1.807, 2.05) is 59.2 Å². The van der Waals surface area contributed by atoms with Gasteiger partial charge >= 0.3 is 6.09 Å². The molecule has 1 fully saturated rings. The van der Waals surface area contributed by atoms with E-state index in [2.05, 4.69) is 9.88 Å². The second-order valence-corrected chi connectivity index (χ2v) is 14.0. The number of aromatic nitrogens is 6. The van der Waals surface area contributed by atoms with Crippen LogP contribution in [0.15, 0.2) is 12.1 Å². The molecule has 2 aliphatic rings. The first kappa shape index (κ1) is 33.0. The molecule has 252 valence electrons. The fraction of sp³-hybridized carbons (Fsp3) is 0.548. The molecule has 47 heavy (non-hydrogen) atoms. The van der Waals surface area contributed by atoms with E-state index in [0.717, 1.165) is 51.5 Å². The van der Waals surface area contributed by atoms with Gasteiger partial charge in [0.2, 0.25) is 4.96 Å². The second-order valence-electron chi connectivity index (χ2n) is 12.5. The van der Waals surface area contributed by atoms with Gasteiger partial charge in [0.15, 0.2) is 23.3 Å². The van der Waals surface area contributed by atoms with Crippen LogP contribution < -0.4 is 14.5 Å². The summed E-state index contributed by atoms with van der Waals surface area (Å²) in [6.45, 7) is 14.4. The summed E-state index contributed by atoms with van der Waals surface area (Å²) in [5.41, 5.74) is 2.45. The smallest absolute Gasteiger partial charge is 0.416 e. The summed E-state index contributed by atoms with van der Waals surface area (Å²) in [6, 6.07) is 2.98. The number of amides is 2. The third-order valence-electron chi connectivity index (χ3n) is 8.14. The average Bonchev–Trinajstić information content (AvgIpc) is 3.64. The van der Waals surface area contributed by atoms with Crippen LogP contribution in [0.1, 0.15) is 61.4 Å². The van der Waals surface area contributed by atoms with Crippen molar-refractivity contribution < 1.29 is 23.8 Å². The number of pyridine rings is 1. The molecule has 1 atom stereocenters. The summed E-state index contributed by atoms with van der Waals surface area (Å²) >= 11 is 8.02. The third kappa shape index (κ3) is 6.48. The minimum absolute atomic E-state index is 0.184. The standard InChI is InChI=1S/C31H40ClN9O5S/c1-8-39(30(43)46-31(4,5)6)28-18(2)24(37(7)36-28)26-25-20(33-29-41(25)35-19(3)47-29)11-12-40(26)23(42)17-45-21-9-10-22(34-27(21)32)38-13-15-44-16-14-38/h9-10,26H,8,11-17H2,1-7H3. The van der Waals surface area contributed by atoms with Gasteiger partial charge in [-0.1, -0.05) is 22.9 Å². The monoisotopic (exact) mass is 685 g/mol. The Balaban J connectivity index is 1.33. The highest BCUT2D eigenvalue weighted by Gasteiger charge is 2.41. The first-order valence-electron chi connectivity index (χ1n) is 15.7. The number of rotatable bonds is 7. The number of nitrogens with zero attached hydrogens (tertiary/aromatic N) is 9. The van der Waals surface area contributed by atoms with Crippen molar-refractivity contribution in [3.05, 3.63) is 44.9 Å². The first-order chi connectivity index (χ1) is 22.4. The largest absolute Gasteiger partial charge is 0.481 e. The van der Waals surface area contributed by atoms with Crippen LogP contribution in [0.2, 0.25) is 5.15 Å². The van der Waals surface area contributed by atoms with E-state index >= 15 is 0 Å². The molecule has 6 heterocycles. The Labute approximate surface area is 282 Å². The number of fused-ring (bicyclic) bond motifs is 3. The van der Waals surface area contributed by atoms with Gasteiger partial charge in [0.1, 0.15) is 22.5 Å². The number of carbonyl (C=O) groups is 2. The first-order valence-corrected chi connectivity index (χ1v) is 16.9. The quantitative estimate of drug-likeness (QED) is 0.259. The molecule has 0 radical (unpaired) electrons. The van der Waals surface area contributed by atoms with Crippen LogP contribution in [0.25, 0.3) is 4.96 Å². The Bertz CT molecular complexity index is 1810. The average molecular weight is 686 g/mol. The molecule has 0 aliphatic carbocycles. The van der Waals surface area contributed by atoms with Crippen LogP contribution >= 0.6 is 22.9 Å². The van der Waals surface area contributed by atoms with Crippen molar-refractivity contribution in [2.45, 2.75) is 59.6 Å². The Morgan fingerprint density at radius 2 is 1.85 bits per heavy atom. The van der Waals surface area contributed by atoms with Crippen molar-refractivity contribution in [3.8, 4) is 5.75 Å². The van der Waals surface area contributed by atoms with E-state index in [1.165, 1.54) is 16.2 Å². The molecule has 2 aliphatic heterocycles. The SMILES string of the molecule is CCN(C(=O)OC(C)(C)C)c1nn(C)c(C2c3c(nc4sc(C)nn34)CCN2C(=O)COc2ccc(N3CCOCC3)nc2Cl)c1C. The summed E-state index contributed by atoms with van der Waals surface area (Å²) in [7, 11) is 1.81. The van der Waals surface area contributed by atoms with Gasteiger partial charge in [-0.25, -0.2) is 19.3 Å². The number of hydrogen-bond donors (Lipinski definition) is 0. The lowest BCUT2D eigenvalue weighted by Crippen LogP contribution is -2.44. The molecule has 0 N–H and O–H groups in total. The number of aryl methyl sites for hydroxylation is 2. The lowest BCUT2D eigenvalue weighted by molar-refractivity contribution is -0.135. The predicted molar refractivity (Wildman–Crippen MR) is 178 cm³/mol. The molecule has 4 aromatic heterocycles. The fourth-order valence-corrected chi connectivity index (χ4v) is 7.04. The Morgan fingerprint density at radius 1 is 1.11 bits per heavy atom. The predicted octanol–water partition coefficient (Wildman–Crippen LogP) is 4.34. The molecule has 4 aromatic rings. The molecule has 16 heteroatoms. The summed E-state index contributed by atoms with van der Waals surface area (Å²) in [5.74, 6) is 1.27. The molecular weight excluding hydrogens is 646 g/mol. The van der Waals surface area contributed by atoms with Gasteiger partial charge in [-0.2, -0.15) is 10.2 Å². The number of carbonyl (C=O) groups excluding carboxylic acids is 2. The maximum absolute atomic E-state index is 14.1. The normalized spacial score (nSPS) is 16.8.